The Morgan fingerprint density at radius 1 is 1.22 bits per heavy atom. The summed E-state index contributed by atoms with van der Waals surface area (Å²) in [5.74, 6) is 1.84. The van der Waals surface area contributed by atoms with Crippen molar-refractivity contribution < 1.29 is 0 Å². The van der Waals surface area contributed by atoms with E-state index in [0.717, 1.165) is 23.3 Å². The molecule has 0 saturated heterocycles. The zero-order chi connectivity index (χ0) is 13.0. The summed E-state index contributed by atoms with van der Waals surface area (Å²) >= 11 is 1.71. The normalized spacial score (nSPS) is 10.6. The van der Waals surface area contributed by atoms with Crippen LogP contribution in [-0.2, 0) is 12.3 Å². The molecular weight excluding hydrogens is 242 g/mol. The zero-order valence-corrected chi connectivity index (χ0v) is 11.6. The summed E-state index contributed by atoms with van der Waals surface area (Å²) < 4.78 is 2.08. The topological polar surface area (TPSA) is 30.7 Å². The maximum Gasteiger partial charge on any atom is 0.191 e. The Kier molecular flexibility index (Phi) is 4.20. The van der Waals surface area contributed by atoms with Gasteiger partial charge in [-0.05, 0) is 19.4 Å². The molecule has 0 atom stereocenters. The SMILES string of the molecule is C=CCn1c(C)nnc1SCc1ccc(C)cc1. The van der Waals surface area contributed by atoms with Gasteiger partial charge >= 0.3 is 0 Å². The molecule has 0 unspecified atom stereocenters. The molecule has 1 aromatic heterocycles. The molecule has 0 aliphatic carbocycles. The first-order chi connectivity index (χ1) is 8.70. The van der Waals surface area contributed by atoms with Crippen LogP contribution in [0, 0.1) is 13.8 Å². The molecule has 0 fully saturated rings. The van der Waals surface area contributed by atoms with E-state index >= 15 is 0 Å². The number of aryl methyl sites for hydroxylation is 2. The summed E-state index contributed by atoms with van der Waals surface area (Å²) in [7, 11) is 0. The van der Waals surface area contributed by atoms with Crippen LogP contribution in [0.4, 0.5) is 0 Å². The Bertz CT molecular complexity index is 528. The van der Waals surface area contributed by atoms with Gasteiger partial charge in [-0.1, -0.05) is 47.7 Å². The molecule has 4 heteroatoms. The van der Waals surface area contributed by atoms with E-state index in [1.165, 1.54) is 11.1 Å². The first-order valence-electron chi connectivity index (χ1n) is 5.89. The lowest BCUT2D eigenvalue weighted by Gasteiger charge is -2.05. The lowest BCUT2D eigenvalue weighted by molar-refractivity contribution is 0.703. The maximum absolute atomic E-state index is 4.20. The number of hydrogen-bond donors (Lipinski definition) is 0. The average Bonchev–Trinajstić information content (AvgIpc) is 2.71. The summed E-state index contributed by atoms with van der Waals surface area (Å²) in [6.45, 7) is 8.58. The highest BCUT2D eigenvalue weighted by atomic mass is 32.2. The molecule has 0 saturated carbocycles. The van der Waals surface area contributed by atoms with E-state index < -0.39 is 0 Å². The minimum Gasteiger partial charge on any atom is -0.302 e. The monoisotopic (exact) mass is 259 g/mol. The molecule has 18 heavy (non-hydrogen) atoms. The predicted octanol–water partition coefficient (Wildman–Crippen LogP) is 3.37. The van der Waals surface area contributed by atoms with Gasteiger partial charge in [0.2, 0.25) is 0 Å². The molecule has 2 aromatic rings. The fourth-order valence-electron chi connectivity index (χ4n) is 1.64. The van der Waals surface area contributed by atoms with E-state index in [1.54, 1.807) is 11.8 Å². The van der Waals surface area contributed by atoms with E-state index in [4.69, 9.17) is 0 Å². The first-order valence-corrected chi connectivity index (χ1v) is 6.88. The average molecular weight is 259 g/mol. The predicted molar refractivity (Wildman–Crippen MR) is 75.7 cm³/mol. The number of nitrogens with zero attached hydrogens (tertiary/aromatic N) is 3. The first kappa shape index (κ1) is 12.9. The molecule has 0 bridgehead atoms. The standard InChI is InChI=1S/C14H17N3S/c1-4-9-17-12(3)15-16-14(17)18-10-13-7-5-11(2)6-8-13/h4-8H,1,9-10H2,2-3H3. The quantitative estimate of drug-likeness (QED) is 0.609. The van der Waals surface area contributed by atoms with E-state index in [1.807, 2.05) is 13.0 Å². The lowest BCUT2D eigenvalue weighted by atomic mass is 10.2. The van der Waals surface area contributed by atoms with Crippen molar-refractivity contribution in [1.29, 1.82) is 0 Å². The Morgan fingerprint density at radius 3 is 2.61 bits per heavy atom. The van der Waals surface area contributed by atoms with E-state index in [0.29, 0.717) is 0 Å². The van der Waals surface area contributed by atoms with Crippen molar-refractivity contribution in [3.8, 4) is 0 Å². The van der Waals surface area contributed by atoms with Crippen molar-refractivity contribution in [2.24, 2.45) is 0 Å². The number of thioether (sulfide) groups is 1. The van der Waals surface area contributed by atoms with Gasteiger partial charge in [-0.25, -0.2) is 0 Å². The van der Waals surface area contributed by atoms with Crippen LogP contribution in [0.25, 0.3) is 0 Å². The van der Waals surface area contributed by atoms with Crippen LogP contribution in [0.5, 0.6) is 0 Å². The van der Waals surface area contributed by atoms with Crippen LogP contribution < -0.4 is 0 Å². The molecule has 0 aliphatic heterocycles. The highest BCUT2D eigenvalue weighted by molar-refractivity contribution is 7.98. The van der Waals surface area contributed by atoms with Gasteiger partial charge in [-0.2, -0.15) is 0 Å². The van der Waals surface area contributed by atoms with Gasteiger partial charge < -0.3 is 4.57 Å². The summed E-state index contributed by atoms with van der Waals surface area (Å²) in [5, 5.41) is 9.25. The number of allylic oxidation sites excluding steroid dienone is 1. The summed E-state index contributed by atoms with van der Waals surface area (Å²) in [6.07, 6.45) is 1.87. The third-order valence-electron chi connectivity index (χ3n) is 2.70. The number of rotatable bonds is 5. The molecule has 0 radical (unpaired) electrons. The molecule has 0 aliphatic rings. The van der Waals surface area contributed by atoms with Gasteiger partial charge in [0.15, 0.2) is 5.16 Å². The minimum absolute atomic E-state index is 0.759. The maximum atomic E-state index is 4.20. The zero-order valence-electron chi connectivity index (χ0n) is 10.8. The summed E-state index contributed by atoms with van der Waals surface area (Å²) in [6, 6.07) is 8.58. The Balaban J connectivity index is 2.05. The fourth-order valence-corrected chi connectivity index (χ4v) is 2.59. The molecule has 1 heterocycles. The van der Waals surface area contributed by atoms with Crippen molar-refractivity contribution in [2.75, 3.05) is 0 Å². The largest absolute Gasteiger partial charge is 0.302 e. The van der Waals surface area contributed by atoms with Crippen LogP contribution in [0.2, 0.25) is 0 Å². The van der Waals surface area contributed by atoms with E-state index in [9.17, 15) is 0 Å². The van der Waals surface area contributed by atoms with Crippen LogP contribution in [0.1, 0.15) is 17.0 Å². The van der Waals surface area contributed by atoms with Gasteiger partial charge in [-0.3, -0.25) is 0 Å². The molecule has 2 rings (SSSR count). The fraction of sp³-hybridized carbons (Fsp3) is 0.286. The van der Waals surface area contributed by atoms with Crippen molar-refractivity contribution in [3.63, 3.8) is 0 Å². The second-order valence-electron chi connectivity index (χ2n) is 4.20. The molecule has 0 amide bonds. The Labute approximate surface area is 112 Å². The van der Waals surface area contributed by atoms with E-state index in [-0.39, 0.29) is 0 Å². The van der Waals surface area contributed by atoms with Crippen molar-refractivity contribution in [3.05, 3.63) is 53.9 Å². The summed E-state index contributed by atoms with van der Waals surface area (Å²) in [5.41, 5.74) is 2.59. The van der Waals surface area contributed by atoms with Crippen molar-refractivity contribution in [1.82, 2.24) is 14.8 Å². The van der Waals surface area contributed by atoms with Gasteiger partial charge in [0, 0.05) is 12.3 Å². The van der Waals surface area contributed by atoms with Crippen LogP contribution >= 0.6 is 11.8 Å². The Morgan fingerprint density at radius 2 is 1.94 bits per heavy atom. The van der Waals surface area contributed by atoms with Gasteiger partial charge in [0.1, 0.15) is 5.82 Å². The van der Waals surface area contributed by atoms with Gasteiger partial charge in [0.25, 0.3) is 0 Å². The second kappa shape index (κ2) is 5.87. The second-order valence-corrected chi connectivity index (χ2v) is 5.15. The van der Waals surface area contributed by atoms with Crippen LogP contribution in [0.15, 0.2) is 42.1 Å². The Hall–Kier alpha value is -1.55. The molecular formula is C14H17N3S. The molecule has 3 nitrogen and oxygen atoms in total. The van der Waals surface area contributed by atoms with Gasteiger partial charge in [-0.15, -0.1) is 16.8 Å². The molecule has 94 valence electrons. The summed E-state index contributed by atoms with van der Waals surface area (Å²) in [4.78, 5) is 0. The molecule has 0 N–H and O–H groups in total. The van der Waals surface area contributed by atoms with Gasteiger partial charge in [0.05, 0.1) is 0 Å². The minimum atomic E-state index is 0.759. The number of benzene rings is 1. The molecule has 0 spiro atoms. The lowest BCUT2D eigenvalue weighted by Crippen LogP contribution is -2.00. The third-order valence-corrected chi connectivity index (χ3v) is 3.74. The highest BCUT2D eigenvalue weighted by Gasteiger charge is 2.07. The molecule has 1 aromatic carbocycles. The number of aromatic nitrogens is 3. The number of hydrogen-bond acceptors (Lipinski definition) is 3. The highest BCUT2D eigenvalue weighted by Crippen LogP contribution is 2.22. The van der Waals surface area contributed by atoms with Crippen molar-refractivity contribution in [2.45, 2.75) is 31.3 Å². The smallest absolute Gasteiger partial charge is 0.191 e. The van der Waals surface area contributed by atoms with Crippen LogP contribution in [0.3, 0.4) is 0 Å². The van der Waals surface area contributed by atoms with Crippen LogP contribution in [-0.4, -0.2) is 14.8 Å². The van der Waals surface area contributed by atoms with Crippen molar-refractivity contribution >= 4 is 11.8 Å². The third kappa shape index (κ3) is 3.01. The van der Waals surface area contributed by atoms with E-state index in [2.05, 4.69) is 52.5 Å².